The molecule has 0 spiro atoms. The molecule has 0 saturated heterocycles. The van der Waals surface area contributed by atoms with Gasteiger partial charge in [0.05, 0.1) is 29.3 Å². The summed E-state index contributed by atoms with van der Waals surface area (Å²) in [7, 11) is 0. The third-order valence-electron chi connectivity index (χ3n) is 4.67. The summed E-state index contributed by atoms with van der Waals surface area (Å²) in [5.41, 5.74) is 1.32. The number of aromatic nitrogens is 1. The molecule has 1 aliphatic rings. The minimum Gasteiger partial charge on any atom is -0.480 e. The highest BCUT2D eigenvalue weighted by Crippen LogP contribution is 2.31. The summed E-state index contributed by atoms with van der Waals surface area (Å²) in [5, 5.41) is 12.3. The van der Waals surface area contributed by atoms with Crippen molar-refractivity contribution in [2.24, 2.45) is 5.10 Å². The molecule has 1 unspecified atom stereocenters. The van der Waals surface area contributed by atoms with E-state index in [1.165, 1.54) is 11.1 Å². The second kappa shape index (κ2) is 10.2. The SMILES string of the molecule is CCOC1=NN(c2ncccc2Cl)C(C(=O)Nc2c(C)cc(Cl)cc2C(=O)NC(C)C)C1. The van der Waals surface area contributed by atoms with E-state index in [1.807, 2.05) is 20.8 Å². The molecule has 2 amide bonds. The third-order valence-corrected chi connectivity index (χ3v) is 5.18. The van der Waals surface area contributed by atoms with Gasteiger partial charge in [0.1, 0.15) is 6.04 Å². The van der Waals surface area contributed by atoms with E-state index in [2.05, 4.69) is 20.7 Å². The number of ether oxygens (including phenoxy) is 1. The zero-order chi connectivity index (χ0) is 23.4. The van der Waals surface area contributed by atoms with Gasteiger partial charge >= 0.3 is 0 Å². The number of nitrogens with one attached hydrogen (secondary N) is 2. The average molecular weight is 478 g/mol. The molecule has 32 heavy (non-hydrogen) atoms. The van der Waals surface area contributed by atoms with E-state index in [-0.39, 0.29) is 29.8 Å². The van der Waals surface area contributed by atoms with Gasteiger partial charge in [-0.25, -0.2) is 9.99 Å². The largest absolute Gasteiger partial charge is 0.480 e. The standard InChI is InChI=1S/C22H25Cl2N5O3/c1-5-32-18-11-17(29(28-18)20-16(24)7-6-8-25-20)22(31)27-19-13(4)9-14(23)10-15(19)21(30)26-12(2)3/h6-10,12,17H,5,11H2,1-4H3,(H,26,30)(H,27,31). The van der Waals surface area contributed by atoms with Crippen molar-refractivity contribution in [3.63, 3.8) is 0 Å². The smallest absolute Gasteiger partial charge is 0.253 e. The molecule has 1 aromatic heterocycles. The Balaban J connectivity index is 1.94. The minimum atomic E-state index is -0.764. The Kier molecular flexibility index (Phi) is 7.58. The summed E-state index contributed by atoms with van der Waals surface area (Å²) in [5.74, 6) is 0.0343. The van der Waals surface area contributed by atoms with E-state index < -0.39 is 6.04 Å². The summed E-state index contributed by atoms with van der Waals surface area (Å²) in [6, 6.07) is 5.75. The number of hydrazone groups is 1. The maximum absolute atomic E-state index is 13.4. The Labute approximate surface area is 196 Å². The molecule has 2 N–H and O–H groups in total. The number of carbonyl (C=O) groups excluding carboxylic acids is 2. The highest BCUT2D eigenvalue weighted by molar-refractivity contribution is 6.33. The Bertz CT molecular complexity index is 1060. The molecule has 10 heteroatoms. The fourth-order valence-electron chi connectivity index (χ4n) is 3.32. The van der Waals surface area contributed by atoms with Crippen LogP contribution in [-0.4, -0.2) is 41.4 Å². The maximum atomic E-state index is 13.4. The van der Waals surface area contributed by atoms with Gasteiger partial charge in [0, 0.05) is 17.3 Å². The molecule has 0 fully saturated rings. The van der Waals surface area contributed by atoms with Gasteiger partial charge in [-0.3, -0.25) is 9.59 Å². The van der Waals surface area contributed by atoms with Crippen molar-refractivity contribution in [3.05, 3.63) is 51.6 Å². The first kappa shape index (κ1) is 23.8. The Morgan fingerprint density at radius 1 is 1.31 bits per heavy atom. The lowest BCUT2D eigenvalue weighted by Crippen LogP contribution is -2.40. The number of hydrogen-bond acceptors (Lipinski definition) is 6. The molecule has 170 valence electrons. The van der Waals surface area contributed by atoms with Gasteiger partial charge in [-0.1, -0.05) is 23.2 Å². The van der Waals surface area contributed by atoms with Crippen LogP contribution in [0.15, 0.2) is 35.6 Å². The molecule has 2 heterocycles. The fraction of sp³-hybridized carbons (Fsp3) is 0.364. The van der Waals surface area contributed by atoms with Crippen molar-refractivity contribution in [1.29, 1.82) is 0 Å². The monoisotopic (exact) mass is 477 g/mol. The molecule has 1 atom stereocenters. The number of aryl methyl sites for hydroxylation is 1. The van der Waals surface area contributed by atoms with Crippen LogP contribution in [0.4, 0.5) is 11.5 Å². The highest BCUT2D eigenvalue weighted by atomic mass is 35.5. The average Bonchev–Trinajstić information content (AvgIpc) is 3.13. The number of nitrogens with zero attached hydrogens (tertiary/aromatic N) is 3. The quantitative estimate of drug-likeness (QED) is 0.642. The van der Waals surface area contributed by atoms with Crippen molar-refractivity contribution >= 4 is 52.4 Å². The van der Waals surface area contributed by atoms with E-state index >= 15 is 0 Å². The Morgan fingerprint density at radius 2 is 2.06 bits per heavy atom. The summed E-state index contributed by atoms with van der Waals surface area (Å²) in [4.78, 5) is 30.4. The summed E-state index contributed by atoms with van der Waals surface area (Å²) in [6.45, 7) is 7.73. The Hall–Kier alpha value is -2.84. The van der Waals surface area contributed by atoms with Crippen LogP contribution in [-0.2, 0) is 9.53 Å². The normalized spacial score (nSPS) is 15.5. The van der Waals surface area contributed by atoms with Crippen molar-refractivity contribution < 1.29 is 14.3 Å². The van der Waals surface area contributed by atoms with Crippen molar-refractivity contribution in [3.8, 4) is 0 Å². The first-order chi connectivity index (χ1) is 15.2. The van der Waals surface area contributed by atoms with Crippen LogP contribution in [0.25, 0.3) is 0 Å². The van der Waals surface area contributed by atoms with Gasteiger partial charge in [0.25, 0.3) is 5.91 Å². The molecule has 0 aliphatic carbocycles. The van der Waals surface area contributed by atoms with Crippen LogP contribution in [0.3, 0.4) is 0 Å². The van der Waals surface area contributed by atoms with Crippen LogP contribution in [0, 0.1) is 6.92 Å². The zero-order valence-corrected chi connectivity index (χ0v) is 19.8. The number of anilines is 2. The van der Waals surface area contributed by atoms with Crippen molar-refractivity contribution in [2.75, 3.05) is 16.9 Å². The lowest BCUT2D eigenvalue weighted by atomic mass is 10.1. The second-order valence-electron chi connectivity index (χ2n) is 7.56. The van der Waals surface area contributed by atoms with E-state index in [0.29, 0.717) is 39.6 Å². The molecular formula is C22H25Cl2N5O3. The van der Waals surface area contributed by atoms with E-state index in [1.54, 1.807) is 31.3 Å². The second-order valence-corrected chi connectivity index (χ2v) is 8.41. The van der Waals surface area contributed by atoms with Crippen molar-refractivity contribution in [2.45, 2.75) is 46.2 Å². The van der Waals surface area contributed by atoms with Gasteiger partial charge < -0.3 is 15.4 Å². The van der Waals surface area contributed by atoms with E-state index in [9.17, 15) is 9.59 Å². The lowest BCUT2D eigenvalue weighted by Gasteiger charge is -2.23. The number of amides is 2. The molecule has 0 bridgehead atoms. The van der Waals surface area contributed by atoms with Crippen LogP contribution in [0.2, 0.25) is 10.0 Å². The number of rotatable bonds is 6. The molecule has 3 rings (SSSR count). The van der Waals surface area contributed by atoms with Gasteiger partial charge in [0.15, 0.2) is 5.82 Å². The van der Waals surface area contributed by atoms with Gasteiger partial charge in [0.2, 0.25) is 11.8 Å². The predicted octanol–water partition coefficient (Wildman–Crippen LogP) is 4.40. The fourth-order valence-corrected chi connectivity index (χ4v) is 3.80. The summed E-state index contributed by atoms with van der Waals surface area (Å²) >= 11 is 12.5. The van der Waals surface area contributed by atoms with Crippen LogP contribution < -0.4 is 15.6 Å². The minimum absolute atomic E-state index is 0.0795. The summed E-state index contributed by atoms with van der Waals surface area (Å²) in [6.07, 6.45) is 1.80. The molecule has 0 saturated carbocycles. The first-order valence-corrected chi connectivity index (χ1v) is 11.0. The Morgan fingerprint density at radius 3 is 2.72 bits per heavy atom. The molecule has 2 aromatic rings. The molecule has 1 aromatic carbocycles. The van der Waals surface area contributed by atoms with Gasteiger partial charge in [-0.05, 0) is 57.5 Å². The van der Waals surface area contributed by atoms with Gasteiger partial charge in [-0.15, -0.1) is 5.10 Å². The highest BCUT2D eigenvalue weighted by Gasteiger charge is 2.37. The molecule has 8 nitrogen and oxygen atoms in total. The number of pyridine rings is 1. The van der Waals surface area contributed by atoms with Crippen LogP contribution >= 0.6 is 23.2 Å². The summed E-state index contributed by atoms with van der Waals surface area (Å²) < 4.78 is 5.55. The molecule has 1 aliphatic heterocycles. The third kappa shape index (κ3) is 5.31. The molecule has 0 radical (unpaired) electrons. The lowest BCUT2D eigenvalue weighted by molar-refractivity contribution is -0.117. The number of halogens is 2. The van der Waals surface area contributed by atoms with Crippen LogP contribution in [0.1, 0.15) is 43.1 Å². The number of carbonyl (C=O) groups is 2. The first-order valence-electron chi connectivity index (χ1n) is 10.2. The van der Waals surface area contributed by atoms with E-state index in [4.69, 9.17) is 27.9 Å². The zero-order valence-electron chi connectivity index (χ0n) is 18.3. The maximum Gasteiger partial charge on any atom is 0.253 e. The van der Waals surface area contributed by atoms with Gasteiger partial charge in [-0.2, -0.15) is 0 Å². The van der Waals surface area contributed by atoms with Crippen LogP contribution in [0.5, 0.6) is 0 Å². The topological polar surface area (TPSA) is 95.9 Å². The van der Waals surface area contributed by atoms with Crippen molar-refractivity contribution in [1.82, 2.24) is 10.3 Å². The molecular weight excluding hydrogens is 453 g/mol. The number of hydrogen-bond donors (Lipinski definition) is 2. The predicted molar refractivity (Wildman–Crippen MR) is 127 cm³/mol. The van der Waals surface area contributed by atoms with E-state index in [0.717, 1.165) is 0 Å². The number of benzene rings is 1.